The molecule has 1 aliphatic rings. The van der Waals surface area contributed by atoms with Gasteiger partial charge in [0.15, 0.2) is 0 Å². The van der Waals surface area contributed by atoms with E-state index in [4.69, 9.17) is 16.2 Å². The van der Waals surface area contributed by atoms with Crippen molar-refractivity contribution in [1.82, 2.24) is 0 Å². The molecule has 1 fully saturated rings. The minimum atomic E-state index is 0.241. The normalized spacial score (nSPS) is 36.2. The fraction of sp³-hybridized carbons (Fsp3) is 1.00. The molecule has 0 radical (unpaired) electrons. The molecular formula is C12H23ClO. The molecule has 1 rings (SSSR count). The Morgan fingerprint density at radius 2 is 2.00 bits per heavy atom. The zero-order valence-electron chi connectivity index (χ0n) is 9.85. The summed E-state index contributed by atoms with van der Waals surface area (Å²) in [5.74, 6) is 1.46. The Bertz CT molecular complexity index is 179. The van der Waals surface area contributed by atoms with Crippen molar-refractivity contribution in [3.8, 4) is 0 Å². The van der Waals surface area contributed by atoms with Crippen LogP contribution in [0.15, 0.2) is 0 Å². The summed E-state index contributed by atoms with van der Waals surface area (Å²) in [5.41, 5.74) is 0.252. The van der Waals surface area contributed by atoms with Crippen molar-refractivity contribution in [2.75, 3.05) is 0 Å². The van der Waals surface area contributed by atoms with Crippen molar-refractivity contribution in [2.45, 2.75) is 59.5 Å². The van der Waals surface area contributed by atoms with Crippen molar-refractivity contribution >= 4 is 11.9 Å². The molecule has 0 aromatic carbocycles. The first-order valence-corrected chi connectivity index (χ1v) is 6.15. The minimum absolute atomic E-state index is 0.241. The Kier molecular flexibility index (Phi) is 4.27. The van der Waals surface area contributed by atoms with Crippen LogP contribution in [-0.2, 0) is 4.29 Å². The van der Waals surface area contributed by atoms with Crippen LogP contribution in [0, 0.1) is 17.3 Å². The van der Waals surface area contributed by atoms with Crippen LogP contribution in [-0.4, -0.2) is 6.10 Å². The molecule has 3 unspecified atom stereocenters. The summed E-state index contributed by atoms with van der Waals surface area (Å²) >= 11 is 5.63. The molecule has 84 valence electrons. The fourth-order valence-corrected chi connectivity index (χ4v) is 3.56. The molecule has 0 aromatic heterocycles. The summed E-state index contributed by atoms with van der Waals surface area (Å²) < 4.78 is 5.18. The van der Waals surface area contributed by atoms with Crippen LogP contribution in [0.25, 0.3) is 0 Å². The van der Waals surface area contributed by atoms with Crippen molar-refractivity contribution in [3.05, 3.63) is 0 Å². The molecule has 14 heavy (non-hydrogen) atoms. The Labute approximate surface area is 93.3 Å². The van der Waals surface area contributed by atoms with Crippen molar-refractivity contribution in [2.24, 2.45) is 17.3 Å². The number of hydrogen-bond donors (Lipinski definition) is 0. The zero-order chi connectivity index (χ0) is 10.8. The molecule has 0 amide bonds. The maximum absolute atomic E-state index is 5.63. The van der Waals surface area contributed by atoms with Gasteiger partial charge < -0.3 is 0 Å². The van der Waals surface area contributed by atoms with Crippen LogP contribution in [0.5, 0.6) is 0 Å². The number of halogens is 1. The molecule has 3 atom stereocenters. The molecule has 0 saturated heterocycles. The van der Waals surface area contributed by atoms with Gasteiger partial charge in [0.1, 0.15) is 0 Å². The summed E-state index contributed by atoms with van der Waals surface area (Å²) in [6, 6.07) is 0. The molecule has 1 saturated carbocycles. The van der Waals surface area contributed by atoms with E-state index in [9.17, 15) is 0 Å². The van der Waals surface area contributed by atoms with E-state index in [1.807, 2.05) is 0 Å². The van der Waals surface area contributed by atoms with Crippen molar-refractivity contribution < 1.29 is 4.29 Å². The minimum Gasteiger partial charge on any atom is -0.275 e. The Morgan fingerprint density at radius 1 is 1.36 bits per heavy atom. The van der Waals surface area contributed by atoms with Crippen LogP contribution >= 0.6 is 11.9 Å². The summed E-state index contributed by atoms with van der Waals surface area (Å²) in [6.07, 6.45) is 5.28. The topological polar surface area (TPSA) is 9.23 Å². The van der Waals surface area contributed by atoms with Crippen LogP contribution < -0.4 is 0 Å². The maximum Gasteiger partial charge on any atom is 0.0872 e. The molecule has 0 aliphatic heterocycles. The van der Waals surface area contributed by atoms with Gasteiger partial charge in [-0.05, 0) is 23.7 Å². The summed E-state index contributed by atoms with van der Waals surface area (Å²) in [6.45, 7) is 9.06. The molecular weight excluding hydrogens is 196 g/mol. The van der Waals surface area contributed by atoms with E-state index in [1.54, 1.807) is 0 Å². The van der Waals surface area contributed by atoms with Gasteiger partial charge in [-0.2, -0.15) is 0 Å². The first-order valence-electron chi connectivity index (χ1n) is 5.84. The lowest BCUT2D eigenvalue weighted by Crippen LogP contribution is -2.29. The van der Waals surface area contributed by atoms with Gasteiger partial charge in [0.05, 0.1) is 18.0 Å². The largest absolute Gasteiger partial charge is 0.275 e. The predicted molar refractivity (Wildman–Crippen MR) is 61.3 cm³/mol. The van der Waals surface area contributed by atoms with Gasteiger partial charge in [0.25, 0.3) is 0 Å². The molecule has 0 heterocycles. The third kappa shape index (κ3) is 2.25. The molecule has 2 heteroatoms. The quantitative estimate of drug-likeness (QED) is 0.680. The smallest absolute Gasteiger partial charge is 0.0872 e. The third-order valence-corrected chi connectivity index (χ3v) is 3.97. The third-order valence-electron chi connectivity index (χ3n) is 3.78. The molecule has 0 aromatic rings. The van der Waals surface area contributed by atoms with Gasteiger partial charge in [-0.15, -0.1) is 0 Å². The lowest BCUT2D eigenvalue weighted by molar-refractivity contribution is 0.0745. The van der Waals surface area contributed by atoms with Crippen molar-refractivity contribution in [1.29, 1.82) is 0 Å². The van der Waals surface area contributed by atoms with Gasteiger partial charge >= 0.3 is 0 Å². The highest BCUT2D eigenvalue weighted by Gasteiger charge is 2.47. The highest BCUT2D eigenvalue weighted by Crippen LogP contribution is 2.50. The summed E-state index contributed by atoms with van der Waals surface area (Å²) in [5, 5.41) is 0. The average Bonchev–Trinajstić information content (AvgIpc) is 2.36. The predicted octanol–water partition coefficient (Wildman–Crippen LogP) is 4.40. The average molecular weight is 219 g/mol. The molecule has 0 spiro atoms. The van der Waals surface area contributed by atoms with E-state index >= 15 is 0 Å². The zero-order valence-corrected chi connectivity index (χ0v) is 10.6. The van der Waals surface area contributed by atoms with Gasteiger partial charge in [-0.3, -0.25) is 4.29 Å². The van der Waals surface area contributed by atoms with E-state index in [-0.39, 0.29) is 11.5 Å². The van der Waals surface area contributed by atoms with E-state index in [2.05, 4.69) is 27.7 Å². The second-order valence-electron chi connectivity index (χ2n) is 5.32. The second-order valence-corrected chi connectivity index (χ2v) is 5.50. The van der Waals surface area contributed by atoms with Gasteiger partial charge in [0, 0.05) is 0 Å². The van der Waals surface area contributed by atoms with Crippen LogP contribution in [0.3, 0.4) is 0 Å². The summed E-state index contributed by atoms with van der Waals surface area (Å²) in [4.78, 5) is 0. The van der Waals surface area contributed by atoms with E-state index in [0.29, 0.717) is 5.92 Å². The standard InChI is InChI=1S/C12H23ClO/c1-5-7-9-8-12(3,4)11(14-13)10(9)6-2/h9-11H,5-8H2,1-4H3. The van der Waals surface area contributed by atoms with Crippen LogP contribution in [0.4, 0.5) is 0 Å². The highest BCUT2D eigenvalue weighted by molar-refractivity contribution is 6.07. The SMILES string of the molecule is CCCC1CC(C)(C)C(OCl)C1CC. The van der Waals surface area contributed by atoms with Crippen LogP contribution in [0.2, 0.25) is 0 Å². The van der Waals surface area contributed by atoms with E-state index in [0.717, 1.165) is 5.92 Å². The molecule has 0 N–H and O–H groups in total. The Morgan fingerprint density at radius 3 is 2.43 bits per heavy atom. The first kappa shape index (κ1) is 12.3. The van der Waals surface area contributed by atoms with E-state index < -0.39 is 0 Å². The van der Waals surface area contributed by atoms with Crippen LogP contribution in [0.1, 0.15) is 53.4 Å². The maximum atomic E-state index is 5.63. The lowest BCUT2D eigenvalue weighted by Gasteiger charge is -2.27. The van der Waals surface area contributed by atoms with Gasteiger partial charge in [0.2, 0.25) is 0 Å². The molecule has 1 aliphatic carbocycles. The monoisotopic (exact) mass is 218 g/mol. The molecule has 0 bridgehead atoms. The first-order chi connectivity index (χ1) is 6.56. The summed E-state index contributed by atoms with van der Waals surface area (Å²) in [7, 11) is 0. The van der Waals surface area contributed by atoms with Gasteiger partial charge in [-0.25, -0.2) is 0 Å². The number of rotatable bonds is 4. The Balaban J connectivity index is 2.73. The number of hydrogen-bond acceptors (Lipinski definition) is 1. The Hall–Kier alpha value is 0.250. The van der Waals surface area contributed by atoms with Gasteiger partial charge in [-0.1, -0.05) is 47.0 Å². The van der Waals surface area contributed by atoms with Crippen molar-refractivity contribution in [3.63, 3.8) is 0 Å². The fourth-order valence-electron chi connectivity index (χ4n) is 3.19. The van der Waals surface area contributed by atoms with E-state index in [1.165, 1.54) is 25.7 Å². The highest BCUT2D eigenvalue weighted by atomic mass is 35.5. The molecule has 1 nitrogen and oxygen atoms in total. The second kappa shape index (κ2) is 4.85. The lowest BCUT2D eigenvalue weighted by atomic mass is 9.87.